The summed E-state index contributed by atoms with van der Waals surface area (Å²) in [6.07, 6.45) is 5.11. The number of benzene rings is 1. The lowest BCUT2D eigenvalue weighted by atomic mass is 10.0. The van der Waals surface area contributed by atoms with Gasteiger partial charge in [-0.15, -0.1) is 0 Å². The fourth-order valence-electron chi connectivity index (χ4n) is 3.55. The molecule has 1 unspecified atom stereocenters. The second kappa shape index (κ2) is 10.9. The van der Waals surface area contributed by atoms with Crippen LogP contribution in [0.3, 0.4) is 0 Å². The van der Waals surface area contributed by atoms with Crippen LogP contribution in [0.1, 0.15) is 37.0 Å². The number of aliphatic hydroxyl groups is 1. The number of fused-ring (bicyclic) bond motifs is 1. The summed E-state index contributed by atoms with van der Waals surface area (Å²) in [6, 6.07) is 7.02. The van der Waals surface area contributed by atoms with E-state index in [4.69, 9.17) is 5.41 Å². The molecule has 0 saturated carbocycles. The molecule has 0 radical (unpaired) electrons. The van der Waals surface area contributed by atoms with Gasteiger partial charge >= 0.3 is 6.03 Å². The first kappa shape index (κ1) is 25.6. The number of allylic oxidation sites excluding steroid dienone is 1. The molecule has 1 atom stereocenters. The first-order chi connectivity index (χ1) is 16.6. The molecule has 1 aromatic heterocycles. The predicted octanol–water partition coefficient (Wildman–Crippen LogP) is 2.70. The van der Waals surface area contributed by atoms with E-state index in [2.05, 4.69) is 27.5 Å². The van der Waals surface area contributed by atoms with Crippen LogP contribution in [0.4, 0.5) is 14.9 Å². The first-order valence-corrected chi connectivity index (χ1v) is 11.1. The SMILES string of the molecule is CN1C(=O)C(NC(=O)N/C=C(\C=N)Cc2ccc(F)nc2)CCc2ccc(C#CC(C)(C)O)cc21. The Kier molecular flexibility index (Phi) is 7.99. The number of urea groups is 1. The highest BCUT2D eigenvalue weighted by molar-refractivity contribution is 6.00. The highest BCUT2D eigenvalue weighted by Crippen LogP contribution is 2.27. The number of halogens is 1. The number of carbonyl (C=O) groups is 2. The van der Waals surface area contributed by atoms with Crippen molar-refractivity contribution in [3.8, 4) is 11.8 Å². The summed E-state index contributed by atoms with van der Waals surface area (Å²) in [4.78, 5) is 30.6. The molecule has 1 aliphatic heterocycles. The minimum atomic E-state index is -1.13. The van der Waals surface area contributed by atoms with Gasteiger partial charge in [0.2, 0.25) is 11.9 Å². The number of anilines is 1. The summed E-state index contributed by atoms with van der Waals surface area (Å²) in [5.41, 5.74) is 2.38. The van der Waals surface area contributed by atoms with E-state index in [1.165, 1.54) is 23.4 Å². The maximum Gasteiger partial charge on any atom is 0.319 e. The zero-order valence-corrected chi connectivity index (χ0v) is 19.9. The van der Waals surface area contributed by atoms with Crippen LogP contribution in [0.2, 0.25) is 0 Å². The Morgan fingerprint density at radius 2 is 2.14 bits per heavy atom. The van der Waals surface area contributed by atoms with Gasteiger partial charge in [0.05, 0.1) is 0 Å². The van der Waals surface area contributed by atoms with Crippen LogP contribution in [0.25, 0.3) is 0 Å². The molecule has 8 nitrogen and oxygen atoms in total. The molecule has 1 aliphatic rings. The Labute approximate surface area is 203 Å². The Bertz CT molecular complexity index is 1210. The predicted molar refractivity (Wildman–Crippen MR) is 132 cm³/mol. The lowest BCUT2D eigenvalue weighted by Gasteiger charge is -2.22. The minimum Gasteiger partial charge on any atom is -0.378 e. The van der Waals surface area contributed by atoms with Crippen LogP contribution in [0.15, 0.2) is 48.3 Å². The average molecular weight is 478 g/mol. The van der Waals surface area contributed by atoms with Gasteiger partial charge in [0, 0.05) is 43.3 Å². The number of aromatic nitrogens is 1. The van der Waals surface area contributed by atoms with Crippen LogP contribution in [0.5, 0.6) is 0 Å². The minimum absolute atomic E-state index is 0.264. The highest BCUT2D eigenvalue weighted by atomic mass is 19.1. The van der Waals surface area contributed by atoms with E-state index in [-0.39, 0.29) is 12.3 Å². The third-order valence-corrected chi connectivity index (χ3v) is 5.37. The number of rotatable bonds is 5. The van der Waals surface area contributed by atoms with E-state index >= 15 is 0 Å². The van der Waals surface area contributed by atoms with Crippen molar-refractivity contribution >= 4 is 23.8 Å². The van der Waals surface area contributed by atoms with Crippen LogP contribution in [-0.2, 0) is 17.6 Å². The maximum absolute atomic E-state index is 13.1. The smallest absolute Gasteiger partial charge is 0.319 e. The third-order valence-electron chi connectivity index (χ3n) is 5.37. The van der Waals surface area contributed by atoms with Gasteiger partial charge in [-0.05, 0) is 61.6 Å². The largest absolute Gasteiger partial charge is 0.378 e. The van der Waals surface area contributed by atoms with Gasteiger partial charge in [0.1, 0.15) is 11.6 Å². The number of aryl methyl sites for hydroxylation is 1. The molecule has 0 fully saturated rings. The zero-order valence-electron chi connectivity index (χ0n) is 19.9. The molecule has 3 rings (SSSR count). The lowest BCUT2D eigenvalue weighted by Crippen LogP contribution is -2.49. The molecule has 0 saturated heterocycles. The Morgan fingerprint density at radius 3 is 2.80 bits per heavy atom. The number of likely N-dealkylation sites (N-methyl/N-ethyl adjacent to an activating group) is 1. The summed E-state index contributed by atoms with van der Waals surface area (Å²) < 4.78 is 13.0. The first-order valence-electron chi connectivity index (χ1n) is 11.1. The van der Waals surface area contributed by atoms with Crippen LogP contribution in [0, 0.1) is 23.2 Å². The van der Waals surface area contributed by atoms with E-state index in [1.54, 1.807) is 33.0 Å². The second-order valence-electron chi connectivity index (χ2n) is 8.79. The van der Waals surface area contributed by atoms with Crippen molar-refractivity contribution < 1.29 is 19.1 Å². The molecule has 35 heavy (non-hydrogen) atoms. The van der Waals surface area contributed by atoms with Crippen molar-refractivity contribution in [1.82, 2.24) is 15.6 Å². The molecule has 0 spiro atoms. The Morgan fingerprint density at radius 1 is 1.37 bits per heavy atom. The third kappa shape index (κ3) is 7.22. The van der Waals surface area contributed by atoms with Gasteiger partial charge in [-0.3, -0.25) is 4.79 Å². The van der Waals surface area contributed by atoms with Gasteiger partial charge < -0.3 is 26.0 Å². The summed E-state index contributed by atoms with van der Waals surface area (Å²) in [6.45, 7) is 3.20. The van der Waals surface area contributed by atoms with Crippen molar-refractivity contribution in [3.63, 3.8) is 0 Å². The van der Waals surface area contributed by atoms with Crippen LogP contribution < -0.4 is 15.5 Å². The number of carbonyl (C=O) groups excluding carboxylic acids is 2. The van der Waals surface area contributed by atoms with E-state index < -0.39 is 23.6 Å². The monoisotopic (exact) mass is 477 g/mol. The zero-order chi connectivity index (χ0) is 25.6. The molecule has 4 N–H and O–H groups in total. The van der Waals surface area contributed by atoms with Crippen molar-refractivity contribution in [1.29, 1.82) is 5.41 Å². The van der Waals surface area contributed by atoms with Crippen molar-refractivity contribution in [2.75, 3.05) is 11.9 Å². The van der Waals surface area contributed by atoms with Gasteiger partial charge in [-0.25, -0.2) is 9.78 Å². The van der Waals surface area contributed by atoms with Crippen LogP contribution >= 0.6 is 0 Å². The molecule has 9 heteroatoms. The molecule has 0 aliphatic carbocycles. The molecule has 1 aromatic carbocycles. The number of amides is 3. The summed E-state index contributed by atoms with van der Waals surface area (Å²) in [5.74, 6) is 4.83. The summed E-state index contributed by atoms with van der Waals surface area (Å²) in [5, 5.41) is 22.6. The molecule has 3 amide bonds. The van der Waals surface area contributed by atoms with Gasteiger partial charge in [0.25, 0.3) is 0 Å². The molecular weight excluding hydrogens is 449 g/mol. The van der Waals surface area contributed by atoms with Crippen molar-refractivity contribution in [2.45, 2.75) is 44.8 Å². The van der Waals surface area contributed by atoms with Crippen LogP contribution in [-0.4, -0.2) is 46.9 Å². The van der Waals surface area contributed by atoms with E-state index in [0.717, 1.165) is 11.8 Å². The normalized spacial score (nSPS) is 15.9. The highest BCUT2D eigenvalue weighted by Gasteiger charge is 2.29. The number of nitrogens with zero attached hydrogens (tertiary/aromatic N) is 2. The van der Waals surface area contributed by atoms with E-state index in [0.29, 0.717) is 35.2 Å². The molecule has 0 bridgehead atoms. The molecular formula is C26H28FN5O3. The number of hydrogen-bond acceptors (Lipinski definition) is 5. The number of pyridine rings is 1. The fourth-order valence-corrected chi connectivity index (χ4v) is 3.55. The summed E-state index contributed by atoms with van der Waals surface area (Å²) >= 11 is 0. The molecule has 2 aromatic rings. The Balaban J connectivity index is 1.66. The molecule has 2 heterocycles. The number of hydrogen-bond donors (Lipinski definition) is 4. The average Bonchev–Trinajstić information content (AvgIpc) is 2.93. The van der Waals surface area contributed by atoms with E-state index in [9.17, 15) is 19.1 Å². The van der Waals surface area contributed by atoms with E-state index in [1.807, 2.05) is 12.1 Å². The van der Waals surface area contributed by atoms with Gasteiger partial charge in [0.15, 0.2) is 0 Å². The quantitative estimate of drug-likeness (QED) is 0.301. The van der Waals surface area contributed by atoms with Crippen molar-refractivity contribution in [3.05, 3.63) is 70.9 Å². The Hall–Kier alpha value is -4.03. The maximum atomic E-state index is 13.1. The fraction of sp³-hybridized carbons (Fsp3) is 0.308. The van der Waals surface area contributed by atoms with Crippen molar-refractivity contribution in [2.24, 2.45) is 0 Å². The van der Waals surface area contributed by atoms with Gasteiger partial charge in [-0.2, -0.15) is 4.39 Å². The standard InChI is InChI=1S/C26H28FN5O3/c1-26(2,35)11-10-17-4-6-20-7-8-21(24(33)32(3)22(20)13-17)31-25(34)30-16-19(14-28)12-18-5-9-23(27)29-15-18/h4-6,9,13-16,21,28,35H,7-8,12H2,1-3H3,(H2,30,31,34)/b19-16-,28-14?. The molecule has 182 valence electrons. The number of nitrogens with one attached hydrogen (secondary N) is 3. The topological polar surface area (TPSA) is 118 Å². The second-order valence-corrected chi connectivity index (χ2v) is 8.79. The van der Waals surface area contributed by atoms with Gasteiger partial charge in [-0.1, -0.05) is 24.0 Å². The lowest BCUT2D eigenvalue weighted by molar-refractivity contribution is -0.120. The summed E-state index contributed by atoms with van der Waals surface area (Å²) in [7, 11) is 1.65.